The Morgan fingerprint density at radius 3 is 3.06 bits per heavy atom. The average molecular weight is 220 g/mol. The fourth-order valence-corrected chi connectivity index (χ4v) is 1.55. The third-order valence-corrected chi connectivity index (χ3v) is 2.49. The molecule has 0 atom stereocenters. The van der Waals surface area contributed by atoms with E-state index >= 15 is 0 Å². The van der Waals surface area contributed by atoms with Gasteiger partial charge in [-0.1, -0.05) is 0 Å². The summed E-state index contributed by atoms with van der Waals surface area (Å²) in [6.07, 6.45) is 5.67. The van der Waals surface area contributed by atoms with Crippen LogP contribution in [-0.4, -0.2) is 26.1 Å². The van der Waals surface area contributed by atoms with Crippen LogP contribution in [0.1, 0.15) is 5.69 Å². The summed E-state index contributed by atoms with van der Waals surface area (Å²) in [5.74, 6) is 0. The molecule has 2 aromatic rings. The van der Waals surface area contributed by atoms with Gasteiger partial charge in [0.15, 0.2) is 0 Å². The highest BCUT2D eigenvalue weighted by atomic mass is 16.3. The van der Waals surface area contributed by atoms with Crippen LogP contribution >= 0.6 is 0 Å². The summed E-state index contributed by atoms with van der Waals surface area (Å²) < 4.78 is 3.79. The van der Waals surface area contributed by atoms with Gasteiger partial charge in [-0.15, -0.1) is 0 Å². The smallest absolute Gasteiger partial charge is 0.0729 e. The largest absolute Gasteiger partial charge is 0.394 e. The minimum absolute atomic E-state index is 0.110. The molecule has 5 heteroatoms. The molecule has 0 bridgehead atoms. The van der Waals surface area contributed by atoms with Crippen molar-refractivity contribution in [2.75, 3.05) is 11.9 Å². The van der Waals surface area contributed by atoms with Crippen LogP contribution in [0.4, 0.5) is 5.69 Å². The molecule has 0 aliphatic rings. The molecule has 0 amide bonds. The van der Waals surface area contributed by atoms with Gasteiger partial charge >= 0.3 is 0 Å². The van der Waals surface area contributed by atoms with Crippen molar-refractivity contribution >= 4 is 5.69 Å². The summed E-state index contributed by atoms with van der Waals surface area (Å²) in [6.45, 7) is 1.42. The summed E-state index contributed by atoms with van der Waals surface area (Å²) in [4.78, 5) is 0. The van der Waals surface area contributed by atoms with E-state index in [9.17, 15) is 0 Å². The van der Waals surface area contributed by atoms with Crippen LogP contribution in [0.25, 0.3) is 0 Å². The van der Waals surface area contributed by atoms with Crippen molar-refractivity contribution in [1.82, 2.24) is 14.3 Å². The van der Waals surface area contributed by atoms with Gasteiger partial charge in [0.05, 0.1) is 31.6 Å². The van der Waals surface area contributed by atoms with Crippen molar-refractivity contribution in [2.45, 2.75) is 13.1 Å². The standard InChI is InChI=1S/C11H16N4O/c1-14-4-2-3-11(14)8-12-10-7-13-15(9-10)5-6-16/h2-4,7,9,12,16H,5-6,8H2,1H3. The number of aliphatic hydroxyl groups excluding tert-OH is 1. The fourth-order valence-electron chi connectivity index (χ4n) is 1.55. The number of nitrogens with one attached hydrogen (secondary N) is 1. The number of hydrogen-bond acceptors (Lipinski definition) is 3. The van der Waals surface area contributed by atoms with Crippen molar-refractivity contribution in [1.29, 1.82) is 0 Å². The maximum Gasteiger partial charge on any atom is 0.0729 e. The average Bonchev–Trinajstić information content (AvgIpc) is 2.86. The van der Waals surface area contributed by atoms with Crippen LogP contribution < -0.4 is 5.32 Å². The van der Waals surface area contributed by atoms with Gasteiger partial charge in [-0.05, 0) is 12.1 Å². The van der Waals surface area contributed by atoms with Gasteiger partial charge < -0.3 is 15.0 Å². The Morgan fingerprint density at radius 1 is 1.50 bits per heavy atom. The van der Waals surface area contributed by atoms with Crippen LogP contribution in [0.5, 0.6) is 0 Å². The van der Waals surface area contributed by atoms with E-state index in [4.69, 9.17) is 5.11 Å². The summed E-state index contributed by atoms with van der Waals surface area (Å²) in [5, 5.41) is 16.2. The quantitative estimate of drug-likeness (QED) is 0.784. The van der Waals surface area contributed by atoms with E-state index in [0.717, 1.165) is 12.2 Å². The lowest BCUT2D eigenvalue weighted by atomic mass is 10.4. The molecule has 2 rings (SSSR count). The van der Waals surface area contributed by atoms with E-state index in [0.29, 0.717) is 6.54 Å². The third-order valence-electron chi connectivity index (χ3n) is 2.49. The van der Waals surface area contributed by atoms with Gasteiger partial charge in [0.25, 0.3) is 0 Å². The molecule has 5 nitrogen and oxygen atoms in total. The minimum atomic E-state index is 0.110. The highest BCUT2D eigenvalue weighted by Gasteiger charge is 1.99. The topological polar surface area (TPSA) is 55.0 Å². The van der Waals surface area contributed by atoms with E-state index in [-0.39, 0.29) is 6.61 Å². The highest BCUT2D eigenvalue weighted by molar-refractivity contribution is 5.38. The molecular formula is C11H16N4O. The van der Waals surface area contributed by atoms with Crippen LogP contribution in [0.2, 0.25) is 0 Å². The first kappa shape index (κ1) is 10.8. The molecule has 0 fully saturated rings. The Balaban J connectivity index is 1.92. The molecule has 0 radical (unpaired) electrons. The van der Waals surface area contributed by atoms with Crippen molar-refractivity contribution in [3.05, 3.63) is 36.4 Å². The molecule has 0 spiro atoms. The van der Waals surface area contributed by atoms with E-state index < -0.39 is 0 Å². The van der Waals surface area contributed by atoms with Crippen molar-refractivity contribution in [2.24, 2.45) is 7.05 Å². The molecule has 16 heavy (non-hydrogen) atoms. The second-order valence-corrected chi connectivity index (χ2v) is 3.68. The first-order chi connectivity index (χ1) is 7.79. The maximum atomic E-state index is 8.76. The van der Waals surface area contributed by atoms with E-state index in [1.165, 1.54) is 5.69 Å². The Kier molecular flexibility index (Phi) is 3.26. The molecule has 0 saturated heterocycles. The SMILES string of the molecule is Cn1cccc1CNc1cnn(CCO)c1. The van der Waals surface area contributed by atoms with Gasteiger partial charge in [0.1, 0.15) is 0 Å². The predicted octanol–water partition coefficient (Wildman–Crippen LogP) is 0.826. The molecule has 2 N–H and O–H groups in total. The van der Waals surface area contributed by atoms with Crippen LogP contribution in [-0.2, 0) is 20.1 Å². The minimum Gasteiger partial charge on any atom is -0.394 e. The van der Waals surface area contributed by atoms with Crippen molar-refractivity contribution in [3.8, 4) is 0 Å². The number of hydrogen-bond donors (Lipinski definition) is 2. The van der Waals surface area contributed by atoms with Gasteiger partial charge in [0.2, 0.25) is 0 Å². The van der Waals surface area contributed by atoms with Gasteiger partial charge in [0, 0.05) is 25.1 Å². The highest BCUT2D eigenvalue weighted by Crippen LogP contribution is 2.08. The molecule has 0 unspecified atom stereocenters. The molecule has 0 aliphatic heterocycles. The fraction of sp³-hybridized carbons (Fsp3) is 0.364. The number of anilines is 1. The van der Waals surface area contributed by atoms with Crippen molar-refractivity contribution < 1.29 is 5.11 Å². The van der Waals surface area contributed by atoms with Crippen LogP contribution in [0.3, 0.4) is 0 Å². The van der Waals surface area contributed by atoms with Crippen LogP contribution in [0, 0.1) is 0 Å². The second-order valence-electron chi connectivity index (χ2n) is 3.68. The third kappa shape index (κ3) is 2.43. The monoisotopic (exact) mass is 220 g/mol. The predicted molar refractivity (Wildman–Crippen MR) is 62.1 cm³/mol. The van der Waals surface area contributed by atoms with E-state index in [1.807, 2.05) is 25.5 Å². The molecule has 0 aromatic carbocycles. The lowest BCUT2D eigenvalue weighted by Gasteiger charge is -2.04. The molecule has 2 aromatic heterocycles. The van der Waals surface area contributed by atoms with Gasteiger partial charge in [-0.2, -0.15) is 5.10 Å². The summed E-state index contributed by atoms with van der Waals surface area (Å²) in [7, 11) is 2.02. The maximum absolute atomic E-state index is 8.76. The zero-order chi connectivity index (χ0) is 11.4. The van der Waals surface area contributed by atoms with Gasteiger partial charge in [-0.3, -0.25) is 4.68 Å². The normalized spacial score (nSPS) is 10.6. The molecule has 86 valence electrons. The number of rotatable bonds is 5. The Bertz CT molecular complexity index is 446. The van der Waals surface area contributed by atoms with Crippen LogP contribution in [0.15, 0.2) is 30.7 Å². The second kappa shape index (κ2) is 4.85. The summed E-state index contributed by atoms with van der Waals surface area (Å²) in [5.41, 5.74) is 2.18. The zero-order valence-electron chi connectivity index (χ0n) is 9.30. The Morgan fingerprint density at radius 2 is 2.38 bits per heavy atom. The Hall–Kier alpha value is -1.75. The van der Waals surface area contributed by atoms with Gasteiger partial charge in [-0.25, -0.2) is 0 Å². The molecule has 2 heterocycles. The number of aryl methyl sites for hydroxylation is 1. The summed E-state index contributed by atoms with van der Waals surface area (Å²) >= 11 is 0. The number of aliphatic hydroxyl groups is 1. The van der Waals surface area contributed by atoms with Crippen molar-refractivity contribution in [3.63, 3.8) is 0 Å². The molecule has 0 aliphatic carbocycles. The Labute approximate surface area is 94.3 Å². The van der Waals surface area contributed by atoms with E-state index in [1.54, 1.807) is 10.9 Å². The van der Waals surface area contributed by atoms with E-state index in [2.05, 4.69) is 21.0 Å². The first-order valence-corrected chi connectivity index (χ1v) is 5.27. The lowest BCUT2D eigenvalue weighted by molar-refractivity contribution is 0.269. The number of nitrogens with zero attached hydrogens (tertiary/aromatic N) is 3. The molecule has 0 saturated carbocycles. The zero-order valence-corrected chi connectivity index (χ0v) is 9.30. The first-order valence-electron chi connectivity index (χ1n) is 5.27. The molecular weight excluding hydrogens is 204 g/mol. The number of aromatic nitrogens is 3. The lowest BCUT2D eigenvalue weighted by Crippen LogP contribution is -2.04. The summed E-state index contributed by atoms with van der Waals surface area (Å²) in [6, 6.07) is 4.09.